The van der Waals surface area contributed by atoms with Crippen molar-refractivity contribution < 1.29 is 0 Å². The van der Waals surface area contributed by atoms with Gasteiger partial charge in [-0.1, -0.05) is 140 Å². The minimum absolute atomic E-state index is 0.631. The van der Waals surface area contributed by atoms with Crippen molar-refractivity contribution in [3.05, 3.63) is 200 Å². The van der Waals surface area contributed by atoms with Crippen molar-refractivity contribution in [1.82, 2.24) is 24.1 Å². The zero-order valence-corrected chi connectivity index (χ0v) is 30.3. The van der Waals surface area contributed by atoms with Crippen molar-refractivity contribution in [3.63, 3.8) is 0 Å². The molecule has 0 bridgehead atoms. The lowest BCUT2D eigenvalue weighted by Crippen LogP contribution is -2.01. The Labute approximate surface area is 323 Å². The average molecular weight is 716 g/mol. The summed E-state index contributed by atoms with van der Waals surface area (Å²) >= 11 is 0. The van der Waals surface area contributed by atoms with Crippen LogP contribution >= 0.6 is 0 Å². The molecule has 0 N–H and O–H groups in total. The van der Waals surface area contributed by atoms with Crippen molar-refractivity contribution in [2.75, 3.05) is 0 Å². The molecule has 11 aromatic rings. The highest BCUT2D eigenvalue weighted by atomic mass is 15.0. The summed E-state index contributed by atoms with van der Waals surface area (Å²) in [4.78, 5) is 14.9. The first-order valence-electron chi connectivity index (χ1n) is 18.9. The maximum Gasteiger partial charge on any atom is 0.164 e. The summed E-state index contributed by atoms with van der Waals surface area (Å²) in [5, 5.41) is 4.89. The maximum atomic E-state index is 5.02. The average Bonchev–Trinajstić information content (AvgIpc) is 3.79. The maximum absolute atomic E-state index is 5.02. The molecule has 11 rings (SSSR count). The number of fused-ring (bicyclic) bond motifs is 6. The highest BCUT2D eigenvalue weighted by molar-refractivity contribution is 6.12. The molecule has 3 heterocycles. The van der Waals surface area contributed by atoms with Crippen LogP contribution in [0.4, 0.5) is 0 Å². The number of hydrogen-bond acceptors (Lipinski definition) is 3. The molecule has 0 atom stereocenters. The summed E-state index contributed by atoms with van der Waals surface area (Å²) in [7, 11) is 0. The molecule has 0 saturated heterocycles. The van der Waals surface area contributed by atoms with Gasteiger partial charge in [-0.3, -0.25) is 0 Å². The van der Waals surface area contributed by atoms with Crippen LogP contribution in [0.3, 0.4) is 0 Å². The third-order valence-corrected chi connectivity index (χ3v) is 10.8. The molecule has 0 aliphatic carbocycles. The standard InChI is InChI=1S/C51H33N5/c1-4-15-34(16-5-1)49-52-50(35-17-6-2-7-18-35)54-51(53-49)38-19-14-22-40(31-38)56-46-26-13-11-24-42(46)44-33-37(28-30-48(44)56)36-27-29-47-43(32-36)41-23-10-12-25-45(41)55(47)39-20-8-3-9-21-39/h1-33H. The van der Waals surface area contributed by atoms with E-state index < -0.39 is 0 Å². The van der Waals surface area contributed by atoms with E-state index in [4.69, 9.17) is 15.0 Å². The van der Waals surface area contributed by atoms with Crippen LogP contribution in [0.25, 0.3) is 100 Å². The number of nitrogens with zero attached hydrogens (tertiary/aromatic N) is 5. The molecule has 0 aliphatic rings. The number of para-hydroxylation sites is 3. The lowest BCUT2D eigenvalue weighted by Gasteiger charge is -2.12. The van der Waals surface area contributed by atoms with Gasteiger partial charge < -0.3 is 9.13 Å². The zero-order chi connectivity index (χ0) is 37.0. The van der Waals surface area contributed by atoms with Crippen molar-refractivity contribution >= 4 is 43.6 Å². The van der Waals surface area contributed by atoms with Crippen LogP contribution in [0.1, 0.15) is 0 Å². The summed E-state index contributed by atoms with van der Waals surface area (Å²) in [6.07, 6.45) is 0. The summed E-state index contributed by atoms with van der Waals surface area (Å²) in [5.41, 5.74) is 12.1. The van der Waals surface area contributed by atoms with Gasteiger partial charge in [-0.25, -0.2) is 15.0 Å². The molecule has 0 aliphatic heterocycles. The molecule has 8 aromatic carbocycles. The predicted octanol–water partition coefficient (Wildman–Crippen LogP) is 12.7. The van der Waals surface area contributed by atoms with Gasteiger partial charge in [0.1, 0.15) is 0 Å². The topological polar surface area (TPSA) is 48.5 Å². The van der Waals surface area contributed by atoms with E-state index in [1.165, 1.54) is 43.7 Å². The highest BCUT2D eigenvalue weighted by Crippen LogP contribution is 2.38. The van der Waals surface area contributed by atoms with Gasteiger partial charge in [-0.2, -0.15) is 0 Å². The summed E-state index contributed by atoms with van der Waals surface area (Å²) in [5.74, 6) is 1.92. The Kier molecular flexibility index (Phi) is 7.42. The number of hydrogen-bond donors (Lipinski definition) is 0. The minimum Gasteiger partial charge on any atom is -0.309 e. The SMILES string of the molecule is c1ccc(-c2nc(-c3ccccc3)nc(-c3cccc(-n4c5ccccc5c5cc(-c6ccc7c(c6)c6ccccc6n7-c6ccccc6)ccc54)c3)n2)cc1. The lowest BCUT2D eigenvalue weighted by molar-refractivity contribution is 1.07. The number of benzene rings is 8. The van der Waals surface area contributed by atoms with E-state index in [1.807, 2.05) is 60.7 Å². The second-order valence-electron chi connectivity index (χ2n) is 14.1. The molecule has 262 valence electrons. The molecule has 3 aromatic heterocycles. The number of rotatable bonds is 6. The molecular formula is C51H33N5. The first-order chi connectivity index (χ1) is 27.8. The van der Waals surface area contributed by atoms with Crippen LogP contribution in [-0.4, -0.2) is 24.1 Å². The summed E-state index contributed by atoms with van der Waals surface area (Å²) in [6.45, 7) is 0. The van der Waals surface area contributed by atoms with Crippen molar-refractivity contribution in [3.8, 4) is 56.7 Å². The quantitative estimate of drug-likeness (QED) is 0.172. The van der Waals surface area contributed by atoms with Gasteiger partial charge in [0.25, 0.3) is 0 Å². The molecule has 5 nitrogen and oxygen atoms in total. The van der Waals surface area contributed by atoms with E-state index >= 15 is 0 Å². The van der Waals surface area contributed by atoms with Crippen molar-refractivity contribution in [1.29, 1.82) is 0 Å². The van der Waals surface area contributed by atoms with Gasteiger partial charge in [0.05, 0.1) is 22.1 Å². The van der Waals surface area contributed by atoms with E-state index in [0.29, 0.717) is 17.5 Å². The fourth-order valence-corrected chi connectivity index (χ4v) is 8.16. The first-order valence-corrected chi connectivity index (χ1v) is 18.9. The molecule has 5 heteroatoms. The highest BCUT2D eigenvalue weighted by Gasteiger charge is 2.18. The first kappa shape index (κ1) is 31.9. The molecule has 56 heavy (non-hydrogen) atoms. The normalized spacial score (nSPS) is 11.6. The van der Waals surface area contributed by atoms with Gasteiger partial charge in [-0.05, 0) is 71.8 Å². The Morgan fingerprint density at radius 2 is 0.643 bits per heavy atom. The fraction of sp³-hybridized carbons (Fsp3) is 0. The minimum atomic E-state index is 0.631. The van der Waals surface area contributed by atoms with E-state index in [0.717, 1.165) is 39.1 Å². The monoisotopic (exact) mass is 715 g/mol. The molecular weight excluding hydrogens is 683 g/mol. The molecule has 0 radical (unpaired) electrons. The lowest BCUT2D eigenvalue weighted by atomic mass is 10.0. The molecule has 0 fully saturated rings. The van der Waals surface area contributed by atoms with Crippen LogP contribution in [0.2, 0.25) is 0 Å². The van der Waals surface area contributed by atoms with Crippen LogP contribution in [-0.2, 0) is 0 Å². The Balaban J connectivity index is 1.05. The molecule has 0 spiro atoms. The Morgan fingerprint density at radius 3 is 1.18 bits per heavy atom. The molecule has 0 unspecified atom stereocenters. The third-order valence-electron chi connectivity index (χ3n) is 10.8. The van der Waals surface area contributed by atoms with E-state index in [1.54, 1.807) is 0 Å². The Hall–Kier alpha value is -7.63. The predicted molar refractivity (Wildman–Crippen MR) is 230 cm³/mol. The van der Waals surface area contributed by atoms with Crippen LogP contribution in [0.5, 0.6) is 0 Å². The second kappa shape index (κ2) is 13.0. The molecule has 0 amide bonds. The third kappa shape index (κ3) is 5.29. The second-order valence-corrected chi connectivity index (χ2v) is 14.1. The van der Waals surface area contributed by atoms with E-state index in [9.17, 15) is 0 Å². The Morgan fingerprint density at radius 1 is 0.250 bits per heavy atom. The molecule has 0 saturated carbocycles. The zero-order valence-electron chi connectivity index (χ0n) is 30.3. The summed E-state index contributed by atoms with van der Waals surface area (Å²) in [6, 6.07) is 70.5. The van der Waals surface area contributed by atoms with Crippen LogP contribution in [0.15, 0.2) is 200 Å². The van der Waals surface area contributed by atoms with Gasteiger partial charge in [-0.15, -0.1) is 0 Å². The Bertz CT molecular complexity index is 3180. The fourth-order valence-electron chi connectivity index (χ4n) is 8.16. The van der Waals surface area contributed by atoms with Crippen molar-refractivity contribution in [2.24, 2.45) is 0 Å². The smallest absolute Gasteiger partial charge is 0.164 e. The van der Waals surface area contributed by atoms with Gasteiger partial charge in [0.15, 0.2) is 17.5 Å². The van der Waals surface area contributed by atoms with Crippen molar-refractivity contribution in [2.45, 2.75) is 0 Å². The summed E-state index contributed by atoms with van der Waals surface area (Å²) < 4.78 is 4.72. The number of aromatic nitrogens is 5. The van der Waals surface area contributed by atoms with E-state index in [-0.39, 0.29) is 0 Å². The van der Waals surface area contributed by atoms with Crippen LogP contribution in [0, 0.1) is 0 Å². The largest absolute Gasteiger partial charge is 0.309 e. The van der Waals surface area contributed by atoms with Gasteiger partial charge in [0.2, 0.25) is 0 Å². The van der Waals surface area contributed by atoms with Gasteiger partial charge in [0, 0.05) is 49.6 Å². The van der Waals surface area contributed by atoms with Crippen LogP contribution < -0.4 is 0 Å². The van der Waals surface area contributed by atoms with Gasteiger partial charge >= 0.3 is 0 Å². The van der Waals surface area contributed by atoms with E-state index in [2.05, 4.69) is 149 Å².